The third-order valence-electron chi connectivity index (χ3n) is 2.94. The Morgan fingerprint density at radius 2 is 1.89 bits per heavy atom. The quantitative estimate of drug-likeness (QED) is 0.693. The largest absolute Gasteiger partial charge is 0.338 e. The Morgan fingerprint density at radius 1 is 1.11 bits per heavy atom. The Balaban J connectivity index is 2.14. The van der Waals surface area contributed by atoms with E-state index in [2.05, 4.69) is 9.97 Å². The molecular weight excluding hydrogens is 224 g/mol. The predicted octanol–water partition coefficient (Wildman–Crippen LogP) is 3.43. The number of Topliss-reactive ketones (excluding diaryl/α,β-unsaturated/α-hetero) is 1. The van der Waals surface area contributed by atoms with Crippen LogP contribution in [0.3, 0.4) is 0 Å². The molecule has 2 aromatic carbocycles. The molecule has 0 aliphatic carbocycles. The topological polar surface area (TPSA) is 45.8 Å². The normalized spacial score (nSPS) is 10.7. The predicted molar refractivity (Wildman–Crippen MR) is 71.5 cm³/mol. The molecule has 3 nitrogen and oxygen atoms in total. The monoisotopic (exact) mass is 236 g/mol. The highest BCUT2D eigenvalue weighted by atomic mass is 16.1. The lowest BCUT2D eigenvalue weighted by Gasteiger charge is -1.94. The molecule has 0 amide bonds. The number of aromatic amines is 1. The molecule has 0 unspecified atom stereocenters. The van der Waals surface area contributed by atoms with Crippen LogP contribution >= 0.6 is 0 Å². The van der Waals surface area contributed by atoms with Crippen LogP contribution in [-0.4, -0.2) is 15.8 Å². The summed E-state index contributed by atoms with van der Waals surface area (Å²) in [7, 11) is 0. The molecule has 88 valence electrons. The second kappa shape index (κ2) is 4.11. The zero-order chi connectivity index (χ0) is 12.5. The van der Waals surface area contributed by atoms with Gasteiger partial charge in [0.1, 0.15) is 5.82 Å². The van der Waals surface area contributed by atoms with Crippen molar-refractivity contribution < 1.29 is 4.79 Å². The van der Waals surface area contributed by atoms with Gasteiger partial charge in [0.05, 0.1) is 11.0 Å². The number of imidazole rings is 1. The van der Waals surface area contributed by atoms with Gasteiger partial charge >= 0.3 is 0 Å². The molecule has 3 aromatic rings. The Morgan fingerprint density at radius 3 is 2.61 bits per heavy atom. The standard InChI is InChI=1S/C15H12N2O/c1-10(18)12-7-8-13-14(9-12)17-15(16-13)11-5-3-2-4-6-11/h2-9H,1H3,(H,16,17). The van der Waals surface area contributed by atoms with Gasteiger partial charge in [-0.3, -0.25) is 4.79 Å². The lowest BCUT2D eigenvalue weighted by atomic mass is 10.1. The van der Waals surface area contributed by atoms with Crippen LogP contribution in [0.4, 0.5) is 0 Å². The summed E-state index contributed by atoms with van der Waals surface area (Å²) in [5, 5.41) is 0. The summed E-state index contributed by atoms with van der Waals surface area (Å²) in [6, 6.07) is 15.5. The van der Waals surface area contributed by atoms with E-state index in [1.165, 1.54) is 0 Å². The number of nitrogens with one attached hydrogen (secondary N) is 1. The van der Waals surface area contributed by atoms with Crippen LogP contribution < -0.4 is 0 Å². The Labute approximate surface area is 104 Å². The van der Waals surface area contributed by atoms with Crippen molar-refractivity contribution in [2.45, 2.75) is 6.92 Å². The summed E-state index contributed by atoms with van der Waals surface area (Å²) in [6.45, 7) is 1.57. The van der Waals surface area contributed by atoms with Gasteiger partial charge in [-0.25, -0.2) is 4.98 Å². The van der Waals surface area contributed by atoms with Crippen molar-refractivity contribution in [1.29, 1.82) is 0 Å². The molecule has 0 fully saturated rings. The maximum Gasteiger partial charge on any atom is 0.159 e. The highest BCUT2D eigenvalue weighted by Crippen LogP contribution is 2.21. The van der Waals surface area contributed by atoms with Gasteiger partial charge in [0, 0.05) is 11.1 Å². The van der Waals surface area contributed by atoms with E-state index in [0.717, 1.165) is 22.4 Å². The van der Waals surface area contributed by atoms with Crippen LogP contribution in [0.2, 0.25) is 0 Å². The number of hydrogen-bond donors (Lipinski definition) is 1. The molecule has 0 atom stereocenters. The molecule has 3 heteroatoms. The molecule has 0 spiro atoms. The van der Waals surface area contributed by atoms with Gasteiger partial charge in [0.15, 0.2) is 5.78 Å². The van der Waals surface area contributed by atoms with E-state index in [1.54, 1.807) is 13.0 Å². The van der Waals surface area contributed by atoms with E-state index >= 15 is 0 Å². The fourth-order valence-electron chi connectivity index (χ4n) is 1.96. The first-order valence-electron chi connectivity index (χ1n) is 5.80. The number of benzene rings is 2. The summed E-state index contributed by atoms with van der Waals surface area (Å²) in [4.78, 5) is 19.1. The molecule has 0 radical (unpaired) electrons. The van der Waals surface area contributed by atoms with Crippen molar-refractivity contribution in [1.82, 2.24) is 9.97 Å². The molecular formula is C15H12N2O. The van der Waals surface area contributed by atoms with Gasteiger partial charge in [-0.1, -0.05) is 30.3 Å². The maximum absolute atomic E-state index is 11.3. The van der Waals surface area contributed by atoms with Crippen LogP contribution in [0.1, 0.15) is 17.3 Å². The van der Waals surface area contributed by atoms with Gasteiger partial charge in [-0.15, -0.1) is 0 Å². The minimum Gasteiger partial charge on any atom is -0.338 e. The Bertz CT molecular complexity index is 714. The number of ketones is 1. The minimum atomic E-state index is 0.0627. The van der Waals surface area contributed by atoms with Gasteiger partial charge < -0.3 is 4.98 Å². The number of nitrogens with zero attached hydrogens (tertiary/aromatic N) is 1. The fraction of sp³-hybridized carbons (Fsp3) is 0.0667. The van der Waals surface area contributed by atoms with Gasteiger partial charge in [0.2, 0.25) is 0 Å². The van der Waals surface area contributed by atoms with E-state index in [4.69, 9.17) is 0 Å². The zero-order valence-electron chi connectivity index (χ0n) is 9.97. The summed E-state index contributed by atoms with van der Waals surface area (Å²) in [5.41, 5.74) is 3.50. The molecule has 1 heterocycles. The number of carbonyl (C=O) groups excluding carboxylic acids is 1. The highest BCUT2D eigenvalue weighted by Gasteiger charge is 2.06. The van der Waals surface area contributed by atoms with Crippen LogP contribution in [-0.2, 0) is 0 Å². The molecule has 1 N–H and O–H groups in total. The number of carbonyl (C=O) groups is 1. The van der Waals surface area contributed by atoms with Crippen LogP contribution in [0.25, 0.3) is 22.4 Å². The van der Waals surface area contributed by atoms with Crippen LogP contribution in [0.15, 0.2) is 48.5 Å². The van der Waals surface area contributed by atoms with Crippen molar-refractivity contribution in [3.63, 3.8) is 0 Å². The minimum absolute atomic E-state index is 0.0627. The first-order chi connectivity index (χ1) is 8.74. The third kappa shape index (κ3) is 1.80. The lowest BCUT2D eigenvalue weighted by molar-refractivity contribution is 0.101. The molecule has 1 aromatic heterocycles. The molecule has 0 bridgehead atoms. The van der Waals surface area contributed by atoms with E-state index in [9.17, 15) is 4.79 Å². The molecule has 3 rings (SSSR count). The fourth-order valence-corrected chi connectivity index (χ4v) is 1.96. The van der Waals surface area contributed by atoms with Crippen molar-refractivity contribution in [2.75, 3.05) is 0 Å². The summed E-state index contributed by atoms with van der Waals surface area (Å²) >= 11 is 0. The molecule has 0 aliphatic rings. The zero-order valence-corrected chi connectivity index (χ0v) is 9.97. The average Bonchev–Trinajstić information content (AvgIpc) is 2.82. The number of rotatable bonds is 2. The van der Waals surface area contributed by atoms with Gasteiger partial charge in [-0.2, -0.15) is 0 Å². The smallest absolute Gasteiger partial charge is 0.159 e. The SMILES string of the molecule is CC(=O)c1ccc2nc(-c3ccccc3)[nH]c2c1. The number of H-pyrrole nitrogens is 1. The van der Waals surface area contributed by atoms with E-state index in [-0.39, 0.29) is 5.78 Å². The molecule has 0 saturated carbocycles. The van der Waals surface area contributed by atoms with Gasteiger partial charge in [0.25, 0.3) is 0 Å². The number of fused-ring (bicyclic) bond motifs is 1. The van der Waals surface area contributed by atoms with Crippen LogP contribution in [0, 0.1) is 0 Å². The van der Waals surface area contributed by atoms with Crippen LogP contribution in [0.5, 0.6) is 0 Å². The van der Waals surface area contributed by atoms with Gasteiger partial charge in [-0.05, 0) is 25.1 Å². The van der Waals surface area contributed by atoms with Crippen molar-refractivity contribution in [2.24, 2.45) is 0 Å². The second-order valence-corrected chi connectivity index (χ2v) is 4.24. The van der Waals surface area contributed by atoms with Crippen molar-refractivity contribution >= 4 is 16.8 Å². The second-order valence-electron chi connectivity index (χ2n) is 4.24. The first-order valence-corrected chi connectivity index (χ1v) is 5.80. The average molecular weight is 236 g/mol. The summed E-state index contributed by atoms with van der Waals surface area (Å²) in [6.07, 6.45) is 0. The maximum atomic E-state index is 11.3. The van der Waals surface area contributed by atoms with Crippen molar-refractivity contribution in [3.05, 3.63) is 54.1 Å². The lowest BCUT2D eigenvalue weighted by Crippen LogP contribution is -1.90. The first kappa shape index (κ1) is 10.7. The Hall–Kier alpha value is -2.42. The summed E-state index contributed by atoms with van der Waals surface area (Å²) < 4.78 is 0. The molecule has 0 aliphatic heterocycles. The molecule has 18 heavy (non-hydrogen) atoms. The third-order valence-corrected chi connectivity index (χ3v) is 2.94. The number of hydrogen-bond acceptors (Lipinski definition) is 2. The number of aromatic nitrogens is 2. The van der Waals surface area contributed by atoms with E-state index < -0.39 is 0 Å². The molecule has 0 saturated heterocycles. The highest BCUT2D eigenvalue weighted by molar-refractivity contribution is 5.97. The summed E-state index contributed by atoms with van der Waals surface area (Å²) in [5.74, 6) is 0.888. The van der Waals surface area contributed by atoms with E-state index in [0.29, 0.717) is 5.56 Å². The van der Waals surface area contributed by atoms with E-state index in [1.807, 2.05) is 42.5 Å². The Kier molecular flexibility index (Phi) is 2.45. The van der Waals surface area contributed by atoms with Crippen molar-refractivity contribution in [3.8, 4) is 11.4 Å².